The van der Waals surface area contributed by atoms with Gasteiger partial charge in [0.1, 0.15) is 0 Å². The van der Waals surface area contributed by atoms with Crippen molar-refractivity contribution in [3.05, 3.63) is 48.3 Å². The van der Waals surface area contributed by atoms with Gasteiger partial charge in [0.15, 0.2) is 0 Å². The van der Waals surface area contributed by atoms with Gasteiger partial charge in [-0.25, -0.2) is 9.97 Å². The van der Waals surface area contributed by atoms with Gasteiger partial charge < -0.3 is 15.5 Å². The Morgan fingerprint density at radius 3 is 2.57 bits per heavy atom. The quantitative estimate of drug-likeness (QED) is 0.793. The summed E-state index contributed by atoms with van der Waals surface area (Å²) in [6.07, 6.45) is 10.7. The van der Waals surface area contributed by atoms with Gasteiger partial charge in [-0.05, 0) is 49.9 Å². The smallest absolute Gasteiger partial charge is 0.251 e. The van der Waals surface area contributed by atoms with Crippen LogP contribution in [0.3, 0.4) is 0 Å². The monoisotopic (exact) mass is 407 g/mol. The number of piperidine rings is 1. The van der Waals surface area contributed by atoms with E-state index in [1.165, 1.54) is 6.42 Å². The van der Waals surface area contributed by atoms with Crippen molar-refractivity contribution in [1.29, 1.82) is 0 Å². The van der Waals surface area contributed by atoms with Crippen molar-refractivity contribution in [3.8, 4) is 0 Å². The molecule has 2 fully saturated rings. The van der Waals surface area contributed by atoms with E-state index in [-0.39, 0.29) is 23.8 Å². The second-order valence-electron chi connectivity index (χ2n) is 8.21. The molecule has 0 bridgehead atoms. The Kier molecular flexibility index (Phi) is 6.57. The molecule has 7 heteroatoms. The summed E-state index contributed by atoms with van der Waals surface area (Å²) in [6.45, 7) is 1.58. The highest BCUT2D eigenvalue weighted by Crippen LogP contribution is 2.25. The number of amides is 2. The summed E-state index contributed by atoms with van der Waals surface area (Å²) in [5.41, 5.74) is 1.24. The highest BCUT2D eigenvalue weighted by atomic mass is 16.2. The zero-order chi connectivity index (χ0) is 20.8. The molecule has 7 nitrogen and oxygen atoms in total. The van der Waals surface area contributed by atoms with Gasteiger partial charge in [0, 0.05) is 48.7 Å². The number of benzene rings is 1. The molecule has 1 saturated heterocycles. The molecule has 2 amide bonds. The maximum atomic E-state index is 12.8. The molecular formula is C23H29N5O2. The van der Waals surface area contributed by atoms with Gasteiger partial charge in [0.2, 0.25) is 11.9 Å². The van der Waals surface area contributed by atoms with Crippen LogP contribution < -0.4 is 15.5 Å². The molecule has 2 aliphatic rings. The minimum absolute atomic E-state index is 0.0375. The zero-order valence-corrected chi connectivity index (χ0v) is 17.2. The first-order chi connectivity index (χ1) is 14.7. The molecule has 1 aliphatic heterocycles. The van der Waals surface area contributed by atoms with Gasteiger partial charge in [0.05, 0.1) is 0 Å². The minimum atomic E-state index is -0.121. The fourth-order valence-electron chi connectivity index (χ4n) is 4.35. The molecule has 30 heavy (non-hydrogen) atoms. The van der Waals surface area contributed by atoms with Crippen LogP contribution in [0.25, 0.3) is 0 Å². The van der Waals surface area contributed by atoms with E-state index in [2.05, 4.69) is 25.5 Å². The Morgan fingerprint density at radius 1 is 0.967 bits per heavy atom. The van der Waals surface area contributed by atoms with Crippen LogP contribution in [0.2, 0.25) is 0 Å². The van der Waals surface area contributed by atoms with Crippen molar-refractivity contribution in [3.63, 3.8) is 0 Å². The molecule has 1 aromatic heterocycles. The van der Waals surface area contributed by atoms with E-state index in [4.69, 9.17) is 0 Å². The van der Waals surface area contributed by atoms with E-state index in [0.29, 0.717) is 23.7 Å². The van der Waals surface area contributed by atoms with Crippen LogP contribution in [-0.4, -0.2) is 40.9 Å². The van der Waals surface area contributed by atoms with Crippen molar-refractivity contribution in [2.24, 2.45) is 5.92 Å². The highest BCUT2D eigenvalue weighted by Gasteiger charge is 2.24. The molecule has 2 aromatic rings. The van der Waals surface area contributed by atoms with Crippen LogP contribution in [0.5, 0.6) is 0 Å². The second-order valence-corrected chi connectivity index (χ2v) is 8.21. The van der Waals surface area contributed by atoms with E-state index >= 15 is 0 Å². The van der Waals surface area contributed by atoms with Crippen LogP contribution in [0.4, 0.5) is 11.6 Å². The summed E-state index contributed by atoms with van der Waals surface area (Å²) < 4.78 is 0. The minimum Gasteiger partial charge on any atom is -0.348 e. The lowest BCUT2D eigenvalue weighted by molar-refractivity contribution is -0.120. The summed E-state index contributed by atoms with van der Waals surface area (Å²) in [5, 5.41) is 6.13. The van der Waals surface area contributed by atoms with Crippen molar-refractivity contribution in [1.82, 2.24) is 15.3 Å². The Morgan fingerprint density at radius 2 is 1.77 bits per heavy atom. The maximum Gasteiger partial charge on any atom is 0.251 e. The van der Waals surface area contributed by atoms with Gasteiger partial charge in [0.25, 0.3) is 5.91 Å². The highest BCUT2D eigenvalue weighted by molar-refractivity contribution is 5.97. The molecule has 1 atom stereocenters. The number of carbonyl (C=O) groups is 2. The van der Waals surface area contributed by atoms with E-state index < -0.39 is 0 Å². The summed E-state index contributed by atoms with van der Waals surface area (Å²) in [7, 11) is 0. The Bertz CT molecular complexity index is 867. The topological polar surface area (TPSA) is 87.2 Å². The van der Waals surface area contributed by atoms with E-state index in [1.54, 1.807) is 30.6 Å². The number of anilines is 2. The number of hydrogen-bond donors (Lipinski definition) is 2. The zero-order valence-electron chi connectivity index (χ0n) is 17.2. The average Bonchev–Trinajstić information content (AvgIpc) is 2.80. The summed E-state index contributed by atoms with van der Waals surface area (Å²) in [5.74, 6) is 0.733. The lowest BCUT2D eigenvalue weighted by Crippen LogP contribution is -2.48. The molecule has 1 aliphatic carbocycles. The van der Waals surface area contributed by atoms with Crippen LogP contribution in [0.1, 0.15) is 55.3 Å². The van der Waals surface area contributed by atoms with Crippen molar-refractivity contribution in [2.45, 2.75) is 51.0 Å². The number of rotatable bonds is 5. The molecule has 1 unspecified atom stereocenters. The number of aromatic nitrogens is 2. The van der Waals surface area contributed by atoms with E-state index in [9.17, 15) is 9.59 Å². The predicted octanol–water partition coefficient (Wildman–Crippen LogP) is 3.39. The van der Waals surface area contributed by atoms with Gasteiger partial charge >= 0.3 is 0 Å². The van der Waals surface area contributed by atoms with Crippen LogP contribution in [0.15, 0.2) is 42.7 Å². The summed E-state index contributed by atoms with van der Waals surface area (Å²) >= 11 is 0. The standard InChI is InChI=1S/C23H29N5O2/c29-21(17-7-2-1-3-8-17)26-19-10-4-9-18(15-19)22(30)27-20-11-5-14-28(16-20)23-24-12-6-13-25-23/h4,6,9-10,12-13,15,17,20H,1-3,5,7-8,11,14,16H2,(H,26,29)(H,27,30). The van der Waals surface area contributed by atoms with Gasteiger partial charge in [-0.1, -0.05) is 25.3 Å². The Labute approximate surface area is 177 Å². The number of nitrogens with zero attached hydrogens (tertiary/aromatic N) is 3. The second kappa shape index (κ2) is 9.69. The number of hydrogen-bond acceptors (Lipinski definition) is 5. The number of carbonyl (C=O) groups excluding carboxylic acids is 2. The lowest BCUT2D eigenvalue weighted by atomic mass is 9.88. The molecule has 2 heterocycles. The van der Waals surface area contributed by atoms with Gasteiger partial charge in [-0.3, -0.25) is 9.59 Å². The van der Waals surface area contributed by atoms with Crippen molar-refractivity contribution >= 4 is 23.5 Å². The molecule has 0 spiro atoms. The third-order valence-corrected chi connectivity index (χ3v) is 5.96. The van der Waals surface area contributed by atoms with Crippen molar-refractivity contribution in [2.75, 3.05) is 23.3 Å². The third-order valence-electron chi connectivity index (χ3n) is 5.96. The molecule has 1 aromatic carbocycles. The van der Waals surface area contributed by atoms with Gasteiger partial charge in [-0.2, -0.15) is 0 Å². The summed E-state index contributed by atoms with van der Waals surface area (Å²) in [4.78, 5) is 36.1. The maximum absolute atomic E-state index is 12.8. The van der Waals surface area contributed by atoms with E-state index in [1.807, 2.05) is 12.1 Å². The molecule has 0 radical (unpaired) electrons. The fraction of sp³-hybridized carbons (Fsp3) is 0.478. The average molecular weight is 408 g/mol. The van der Waals surface area contributed by atoms with Crippen LogP contribution in [0, 0.1) is 5.92 Å². The van der Waals surface area contributed by atoms with Crippen LogP contribution in [-0.2, 0) is 4.79 Å². The van der Waals surface area contributed by atoms with E-state index in [0.717, 1.165) is 45.1 Å². The summed E-state index contributed by atoms with van der Waals surface area (Å²) in [6, 6.07) is 9.04. The van der Waals surface area contributed by atoms with Crippen LogP contribution >= 0.6 is 0 Å². The third kappa shape index (κ3) is 5.14. The Hall–Kier alpha value is -2.96. The predicted molar refractivity (Wildman–Crippen MR) is 116 cm³/mol. The molecule has 4 rings (SSSR count). The molecule has 1 saturated carbocycles. The molecule has 158 valence electrons. The SMILES string of the molecule is O=C(NC1CCCN(c2ncccn2)C1)c1cccc(NC(=O)C2CCCCC2)c1. The fourth-order valence-corrected chi connectivity index (χ4v) is 4.35. The first kappa shape index (κ1) is 20.3. The number of nitrogens with one attached hydrogen (secondary N) is 2. The first-order valence-electron chi connectivity index (χ1n) is 10.9. The Balaban J connectivity index is 1.35. The largest absolute Gasteiger partial charge is 0.348 e. The van der Waals surface area contributed by atoms with Crippen molar-refractivity contribution < 1.29 is 9.59 Å². The normalized spacial score (nSPS) is 19.9. The molecule has 2 N–H and O–H groups in total. The first-order valence-corrected chi connectivity index (χ1v) is 10.9. The lowest BCUT2D eigenvalue weighted by Gasteiger charge is -2.33. The molecular weight excluding hydrogens is 378 g/mol. The van der Waals surface area contributed by atoms with Gasteiger partial charge in [-0.15, -0.1) is 0 Å².